The third-order valence-electron chi connectivity index (χ3n) is 4.79. The van der Waals surface area contributed by atoms with Crippen LogP contribution in [-0.4, -0.2) is 36.6 Å². The Morgan fingerprint density at radius 3 is 2.41 bits per heavy atom. The van der Waals surface area contributed by atoms with Crippen molar-refractivity contribution in [2.24, 2.45) is 16.7 Å². The average molecular weight is 236 g/mol. The van der Waals surface area contributed by atoms with Crippen LogP contribution in [0.3, 0.4) is 0 Å². The summed E-state index contributed by atoms with van der Waals surface area (Å²) in [6.45, 7) is 10.0. The molecule has 1 unspecified atom stereocenters. The zero-order valence-corrected chi connectivity index (χ0v) is 11.0. The highest BCUT2D eigenvalue weighted by Crippen LogP contribution is 2.68. The van der Waals surface area contributed by atoms with E-state index in [0.29, 0.717) is 19.7 Å². The van der Waals surface area contributed by atoms with Crippen LogP contribution in [0.5, 0.6) is 0 Å². The van der Waals surface area contributed by atoms with Gasteiger partial charge in [0.1, 0.15) is 0 Å². The van der Waals surface area contributed by atoms with Crippen molar-refractivity contribution in [1.82, 2.24) is 4.90 Å². The van der Waals surface area contributed by atoms with Crippen LogP contribution in [0.25, 0.3) is 0 Å². The third kappa shape index (κ3) is 1.73. The number of ether oxygens (including phenoxy) is 1. The van der Waals surface area contributed by atoms with Gasteiger partial charge in [0.05, 0.1) is 19.2 Å². The fourth-order valence-electron chi connectivity index (χ4n) is 2.92. The molecule has 0 radical (unpaired) electrons. The Labute approximate surface area is 103 Å². The molecule has 4 nitrogen and oxygen atoms in total. The van der Waals surface area contributed by atoms with Gasteiger partial charge in [-0.3, -0.25) is 4.79 Å². The summed E-state index contributed by atoms with van der Waals surface area (Å²) in [7, 11) is 0. The molecule has 2 rings (SSSR count). The van der Waals surface area contributed by atoms with Crippen molar-refractivity contribution in [1.29, 1.82) is 5.26 Å². The number of hydrogen-bond acceptors (Lipinski definition) is 3. The monoisotopic (exact) mass is 236 g/mol. The number of carbonyl (C=O) groups is 1. The van der Waals surface area contributed by atoms with E-state index in [1.807, 2.05) is 0 Å². The summed E-state index contributed by atoms with van der Waals surface area (Å²) < 4.78 is 5.26. The molecule has 1 heterocycles. The zero-order valence-electron chi connectivity index (χ0n) is 11.0. The van der Waals surface area contributed by atoms with Gasteiger partial charge in [-0.25, -0.2) is 0 Å². The predicted octanol–water partition coefficient (Wildman–Crippen LogP) is 1.42. The zero-order chi connectivity index (χ0) is 12.8. The van der Waals surface area contributed by atoms with E-state index in [-0.39, 0.29) is 22.7 Å². The first-order chi connectivity index (χ1) is 7.82. The van der Waals surface area contributed by atoms with Crippen LogP contribution in [-0.2, 0) is 9.53 Å². The summed E-state index contributed by atoms with van der Waals surface area (Å²) in [4.78, 5) is 14.2. The molecule has 1 aliphatic carbocycles. The standard InChI is InChI=1S/C13H20N2O2/c1-12(2)10(13(12,3)4)11(16)15-5-6-17-9(7-14)8-15/h9-10H,5-6,8H2,1-4H3. The second kappa shape index (κ2) is 3.71. The molecule has 1 saturated heterocycles. The Balaban J connectivity index is 2.05. The highest BCUT2D eigenvalue weighted by Gasteiger charge is 2.68. The lowest BCUT2D eigenvalue weighted by Gasteiger charge is -2.30. The molecule has 1 aliphatic heterocycles. The van der Waals surface area contributed by atoms with Crippen LogP contribution in [0.4, 0.5) is 0 Å². The quantitative estimate of drug-likeness (QED) is 0.692. The van der Waals surface area contributed by atoms with Gasteiger partial charge in [-0.1, -0.05) is 27.7 Å². The summed E-state index contributed by atoms with van der Waals surface area (Å²) in [5, 5.41) is 8.84. The van der Waals surface area contributed by atoms with E-state index in [9.17, 15) is 4.79 Å². The summed E-state index contributed by atoms with van der Waals surface area (Å²) >= 11 is 0. The van der Waals surface area contributed by atoms with Crippen molar-refractivity contribution < 1.29 is 9.53 Å². The third-order valence-corrected chi connectivity index (χ3v) is 4.79. The number of amides is 1. The Hall–Kier alpha value is -1.08. The molecule has 94 valence electrons. The van der Waals surface area contributed by atoms with Gasteiger partial charge in [-0.05, 0) is 10.8 Å². The van der Waals surface area contributed by atoms with Crippen LogP contribution in [0.15, 0.2) is 0 Å². The molecule has 0 N–H and O–H groups in total. The molecule has 1 saturated carbocycles. The lowest BCUT2D eigenvalue weighted by atomic mass is 10.0. The molecule has 0 aromatic carbocycles. The second-order valence-corrected chi connectivity index (χ2v) is 6.15. The van der Waals surface area contributed by atoms with E-state index in [2.05, 4.69) is 33.8 Å². The Kier molecular flexibility index (Phi) is 2.70. The van der Waals surface area contributed by atoms with E-state index in [1.165, 1.54) is 0 Å². The fourth-order valence-corrected chi connectivity index (χ4v) is 2.92. The van der Waals surface area contributed by atoms with Crippen molar-refractivity contribution in [2.45, 2.75) is 33.8 Å². The van der Waals surface area contributed by atoms with E-state index in [0.717, 1.165) is 0 Å². The van der Waals surface area contributed by atoms with Gasteiger partial charge in [0.15, 0.2) is 6.10 Å². The second-order valence-electron chi connectivity index (χ2n) is 6.15. The predicted molar refractivity (Wildman–Crippen MR) is 63.0 cm³/mol. The normalized spacial score (nSPS) is 30.8. The minimum absolute atomic E-state index is 0.0600. The molecule has 1 amide bonds. The van der Waals surface area contributed by atoms with Gasteiger partial charge in [0.25, 0.3) is 0 Å². The van der Waals surface area contributed by atoms with Gasteiger partial charge in [0.2, 0.25) is 5.91 Å². The Morgan fingerprint density at radius 2 is 1.94 bits per heavy atom. The van der Waals surface area contributed by atoms with Crippen molar-refractivity contribution in [2.75, 3.05) is 19.7 Å². The Bertz CT molecular complexity index is 367. The molecule has 2 fully saturated rings. The summed E-state index contributed by atoms with van der Waals surface area (Å²) in [5.41, 5.74) is 0.120. The molecular weight excluding hydrogens is 216 g/mol. The molecule has 0 aromatic rings. The summed E-state index contributed by atoms with van der Waals surface area (Å²) in [5.74, 6) is 0.260. The van der Waals surface area contributed by atoms with Gasteiger partial charge in [-0.15, -0.1) is 0 Å². The highest BCUT2D eigenvalue weighted by molar-refractivity contribution is 5.84. The van der Waals surface area contributed by atoms with Gasteiger partial charge < -0.3 is 9.64 Å². The van der Waals surface area contributed by atoms with Gasteiger partial charge in [-0.2, -0.15) is 5.26 Å². The largest absolute Gasteiger partial charge is 0.360 e. The summed E-state index contributed by atoms with van der Waals surface area (Å²) in [6, 6.07) is 2.07. The van der Waals surface area contributed by atoms with Crippen LogP contribution in [0.2, 0.25) is 0 Å². The Morgan fingerprint density at radius 1 is 1.35 bits per heavy atom. The van der Waals surface area contributed by atoms with E-state index in [1.54, 1.807) is 4.90 Å². The van der Waals surface area contributed by atoms with Crippen LogP contribution < -0.4 is 0 Å². The maximum Gasteiger partial charge on any atom is 0.227 e. The van der Waals surface area contributed by atoms with Crippen LogP contribution in [0, 0.1) is 28.1 Å². The first-order valence-corrected chi connectivity index (χ1v) is 6.12. The lowest BCUT2D eigenvalue weighted by molar-refractivity contribution is -0.139. The van der Waals surface area contributed by atoms with E-state index < -0.39 is 6.10 Å². The maximum absolute atomic E-state index is 12.4. The first kappa shape index (κ1) is 12.4. The number of nitrogens with zero attached hydrogens (tertiary/aromatic N) is 2. The molecular formula is C13H20N2O2. The molecule has 4 heteroatoms. The number of rotatable bonds is 1. The van der Waals surface area contributed by atoms with Crippen molar-refractivity contribution in [3.63, 3.8) is 0 Å². The van der Waals surface area contributed by atoms with Crippen LogP contribution >= 0.6 is 0 Å². The first-order valence-electron chi connectivity index (χ1n) is 6.12. The minimum Gasteiger partial charge on any atom is -0.360 e. The smallest absolute Gasteiger partial charge is 0.227 e. The SMILES string of the molecule is CC1(C)C(C(=O)N2CCOC(C#N)C2)C1(C)C. The molecule has 2 aliphatic rings. The molecule has 1 atom stereocenters. The topological polar surface area (TPSA) is 53.3 Å². The van der Waals surface area contributed by atoms with E-state index in [4.69, 9.17) is 10.00 Å². The molecule has 0 spiro atoms. The van der Waals surface area contributed by atoms with Gasteiger partial charge >= 0.3 is 0 Å². The molecule has 0 aromatic heterocycles. The molecule has 0 bridgehead atoms. The van der Waals surface area contributed by atoms with E-state index >= 15 is 0 Å². The highest BCUT2D eigenvalue weighted by atomic mass is 16.5. The lowest BCUT2D eigenvalue weighted by Crippen LogP contribution is -2.46. The maximum atomic E-state index is 12.4. The minimum atomic E-state index is -0.460. The summed E-state index contributed by atoms with van der Waals surface area (Å²) in [6.07, 6.45) is -0.460. The average Bonchev–Trinajstić information content (AvgIpc) is 2.69. The number of morpholine rings is 1. The number of nitriles is 1. The fraction of sp³-hybridized carbons (Fsp3) is 0.846. The van der Waals surface area contributed by atoms with Crippen molar-refractivity contribution in [3.05, 3.63) is 0 Å². The van der Waals surface area contributed by atoms with Crippen LogP contribution in [0.1, 0.15) is 27.7 Å². The van der Waals surface area contributed by atoms with Gasteiger partial charge in [0, 0.05) is 12.5 Å². The number of hydrogen-bond donors (Lipinski definition) is 0. The number of carbonyl (C=O) groups excluding carboxylic acids is 1. The van der Waals surface area contributed by atoms with Crippen molar-refractivity contribution >= 4 is 5.91 Å². The molecule has 17 heavy (non-hydrogen) atoms. The van der Waals surface area contributed by atoms with Crippen molar-refractivity contribution in [3.8, 4) is 6.07 Å².